The van der Waals surface area contributed by atoms with Crippen molar-refractivity contribution in [2.24, 2.45) is 0 Å². The van der Waals surface area contributed by atoms with Gasteiger partial charge in [0.05, 0.1) is 5.69 Å². The monoisotopic (exact) mass is 324 g/mol. The molecule has 0 N–H and O–H groups in total. The fourth-order valence-electron chi connectivity index (χ4n) is 3.11. The summed E-state index contributed by atoms with van der Waals surface area (Å²) in [5.74, 6) is 0. The molecule has 0 bridgehead atoms. The van der Waals surface area contributed by atoms with Gasteiger partial charge in [0.2, 0.25) is 0 Å². The molecule has 1 aliphatic rings. The van der Waals surface area contributed by atoms with Gasteiger partial charge in [-0.15, -0.1) is 0 Å². The second-order valence-corrected chi connectivity index (χ2v) is 6.41. The molecule has 126 valence electrons. The molecular weight excluding hydrogens is 300 g/mol. The first-order valence-corrected chi connectivity index (χ1v) is 8.37. The van der Waals surface area contributed by atoms with Gasteiger partial charge in [-0.25, -0.2) is 4.79 Å². The topological polar surface area (TPSA) is 32.8 Å². The highest BCUT2D eigenvalue weighted by atomic mass is 16.6. The van der Waals surface area contributed by atoms with Gasteiger partial charge < -0.3 is 4.74 Å². The molecular formula is C20H24N2O2. The van der Waals surface area contributed by atoms with Crippen LogP contribution in [0.2, 0.25) is 0 Å². The molecule has 2 aromatic carbocycles. The number of likely N-dealkylation sites (tertiary alicyclic amines) is 1. The minimum absolute atomic E-state index is 0.120. The summed E-state index contributed by atoms with van der Waals surface area (Å²) in [6.07, 6.45) is 1.54. The average molecular weight is 324 g/mol. The summed E-state index contributed by atoms with van der Waals surface area (Å²) >= 11 is 0. The minimum atomic E-state index is -0.310. The Morgan fingerprint density at radius 3 is 2.62 bits per heavy atom. The minimum Gasteiger partial charge on any atom is -0.430 e. The molecule has 3 rings (SSSR count). The molecule has 0 unspecified atom stereocenters. The second-order valence-electron chi connectivity index (χ2n) is 6.41. The van der Waals surface area contributed by atoms with Gasteiger partial charge in [0, 0.05) is 19.2 Å². The van der Waals surface area contributed by atoms with Gasteiger partial charge in [0.25, 0.3) is 0 Å². The molecule has 0 saturated carbocycles. The first-order chi connectivity index (χ1) is 11.6. The van der Waals surface area contributed by atoms with Crippen LogP contribution in [0.25, 0.3) is 11.1 Å². The maximum absolute atomic E-state index is 12.6. The van der Waals surface area contributed by atoms with E-state index in [1.165, 1.54) is 0 Å². The number of aryl methyl sites for hydroxylation is 1. The summed E-state index contributed by atoms with van der Waals surface area (Å²) < 4.78 is 5.67. The Labute approximate surface area is 143 Å². The van der Waals surface area contributed by atoms with Crippen LogP contribution < -0.4 is 4.90 Å². The first-order valence-electron chi connectivity index (χ1n) is 8.37. The van der Waals surface area contributed by atoms with E-state index >= 15 is 0 Å². The second kappa shape index (κ2) is 7.05. The lowest BCUT2D eigenvalue weighted by atomic mass is 10.0. The van der Waals surface area contributed by atoms with Gasteiger partial charge >= 0.3 is 6.09 Å². The van der Waals surface area contributed by atoms with E-state index in [0.29, 0.717) is 0 Å². The molecule has 4 heteroatoms. The predicted octanol–water partition coefficient (Wildman–Crippen LogP) is 4.29. The normalized spacial score (nSPS) is 17.7. The molecule has 4 nitrogen and oxygen atoms in total. The molecule has 0 aliphatic carbocycles. The van der Waals surface area contributed by atoms with E-state index in [1.807, 2.05) is 37.4 Å². The van der Waals surface area contributed by atoms with E-state index in [9.17, 15) is 4.79 Å². The quantitative estimate of drug-likeness (QED) is 0.844. The van der Waals surface area contributed by atoms with E-state index in [1.54, 1.807) is 11.9 Å². The van der Waals surface area contributed by atoms with E-state index in [-0.39, 0.29) is 12.3 Å². The van der Waals surface area contributed by atoms with E-state index in [4.69, 9.17) is 4.74 Å². The van der Waals surface area contributed by atoms with Crippen LogP contribution in [-0.2, 0) is 4.74 Å². The average Bonchev–Trinajstić information content (AvgIpc) is 3.00. The highest BCUT2D eigenvalue weighted by Gasteiger charge is 2.27. The number of rotatable bonds is 3. The van der Waals surface area contributed by atoms with Crippen molar-refractivity contribution in [3.63, 3.8) is 0 Å². The molecule has 1 amide bonds. The third kappa shape index (κ3) is 3.44. The molecule has 24 heavy (non-hydrogen) atoms. The van der Waals surface area contributed by atoms with Crippen molar-refractivity contribution in [2.45, 2.75) is 26.0 Å². The first kappa shape index (κ1) is 16.5. The molecule has 0 radical (unpaired) electrons. The third-order valence-electron chi connectivity index (χ3n) is 4.56. The standard InChI is InChI=1S/C20H24N2O2/c1-15-11-12-18(17(14-15)16-8-5-4-6-9-16)22(3)20(23)24-19-10-7-13-21(19)2/h4-6,8-9,11-12,14,19H,7,10,13H2,1-3H3/t19-/m0/s1. The number of benzene rings is 2. The highest BCUT2D eigenvalue weighted by molar-refractivity contribution is 5.93. The van der Waals surface area contributed by atoms with Crippen LogP contribution >= 0.6 is 0 Å². The maximum Gasteiger partial charge on any atom is 0.415 e. The predicted molar refractivity (Wildman–Crippen MR) is 97.2 cm³/mol. The number of amides is 1. The van der Waals surface area contributed by atoms with Gasteiger partial charge in [0.15, 0.2) is 6.23 Å². The maximum atomic E-state index is 12.6. The Hall–Kier alpha value is -2.33. The summed E-state index contributed by atoms with van der Waals surface area (Å²) in [7, 11) is 3.76. The fourth-order valence-corrected chi connectivity index (χ4v) is 3.11. The zero-order chi connectivity index (χ0) is 17.1. The number of carbonyl (C=O) groups is 1. The lowest BCUT2D eigenvalue weighted by Gasteiger charge is -2.25. The van der Waals surface area contributed by atoms with Crippen molar-refractivity contribution >= 4 is 11.8 Å². The number of hydrogen-bond acceptors (Lipinski definition) is 3. The van der Waals surface area contributed by atoms with E-state index < -0.39 is 0 Å². The van der Waals surface area contributed by atoms with Crippen LogP contribution in [0.1, 0.15) is 18.4 Å². The van der Waals surface area contributed by atoms with Crippen LogP contribution in [0.3, 0.4) is 0 Å². The van der Waals surface area contributed by atoms with Crippen molar-refractivity contribution in [3.8, 4) is 11.1 Å². The lowest BCUT2D eigenvalue weighted by molar-refractivity contribution is 0.0315. The smallest absolute Gasteiger partial charge is 0.415 e. The Kier molecular flexibility index (Phi) is 4.86. The molecule has 1 atom stereocenters. The molecule has 1 aliphatic heterocycles. The fraction of sp³-hybridized carbons (Fsp3) is 0.350. The van der Waals surface area contributed by atoms with Crippen LogP contribution in [0.15, 0.2) is 48.5 Å². The summed E-state index contributed by atoms with van der Waals surface area (Å²) in [6.45, 7) is 3.03. The summed E-state index contributed by atoms with van der Waals surface area (Å²) in [4.78, 5) is 16.3. The summed E-state index contributed by atoms with van der Waals surface area (Å²) in [6, 6.07) is 16.2. The molecule has 0 spiro atoms. The van der Waals surface area contributed by atoms with Gasteiger partial charge in [-0.1, -0.05) is 42.0 Å². The summed E-state index contributed by atoms with van der Waals surface area (Å²) in [5, 5.41) is 0. The van der Waals surface area contributed by atoms with Gasteiger partial charge in [-0.05, 0) is 44.5 Å². The van der Waals surface area contributed by atoms with Crippen molar-refractivity contribution in [1.29, 1.82) is 0 Å². The van der Waals surface area contributed by atoms with Gasteiger partial charge in [0.1, 0.15) is 0 Å². The third-order valence-corrected chi connectivity index (χ3v) is 4.56. The number of carbonyl (C=O) groups excluding carboxylic acids is 1. The lowest BCUT2D eigenvalue weighted by Crippen LogP contribution is -2.36. The van der Waals surface area contributed by atoms with Crippen molar-refractivity contribution in [2.75, 3.05) is 25.5 Å². The molecule has 2 aromatic rings. The summed E-state index contributed by atoms with van der Waals surface area (Å²) in [5.41, 5.74) is 4.15. The van der Waals surface area contributed by atoms with Crippen LogP contribution in [0, 0.1) is 6.92 Å². The number of hydrogen-bond donors (Lipinski definition) is 0. The Balaban J connectivity index is 1.87. The van der Waals surface area contributed by atoms with Crippen LogP contribution in [0.4, 0.5) is 10.5 Å². The molecule has 1 saturated heterocycles. The zero-order valence-corrected chi connectivity index (χ0v) is 14.5. The zero-order valence-electron chi connectivity index (χ0n) is 14.5. The van der Waals surface area contributed by atoms with Crippen molar-refractivity contribution in [3.05, 3.63) is 54.1 Å². The number of ether oxygens (including phenoxy) is 1. The molecule has 1 fully saturated rings. The molecule has 1 heterocycles. The van der Waals surface area contributed by atoms with E-state index in [0.717, 1.165) is 41.8 Å². The van der Waals surface area contributed by atoms with Gasteiger partial charge in [-0.3, -0.25) is 9.80 Å². The highest BCUT2D eigenvalue weighted by Crippen LogP contribution is 2.32. The molecule has 0 aromatic heterocycles. The van der Waals surface area contributed by atoms with Crippen LogP contribution in [0.5, 0.6) is 0 Å². The van der Waals surface area contributed by atoms with E-state index in [2.05, 4.69) is 30.0 Å². The Bertz CT molecular complexity index is 715. The van der Waals surface area contributed by atoms with Gasteiger partial charge in [-0.2, -0.15) is 0 Å². The number of nitrogens with zero attached hydrogens (tertiary/aromatic N) is 2. The number of anilines is 1. The van der Waals surface area contributed by atoms with Crippen molar-refractivity contribution < 1.29 is 9.53 Å². The Morgan fingerprint density at radius 2 is 1.96 bits per heavy atom. The van der Waals surface area contributed by atoms with Crippen molar-refractivity contribution in [1.82, 2.24) is 4.90 Å². The SMILES string of the molecule is Cc1ccc(N(C)C(=O)O[C@H]2CCCN2C)c(-c2ccccc2)c1. The largest absolute Gasteiger partial charge is 0.430 e. The van der Waals surface area contributed by atoms with Crippen LogP contribution in [-0.4, -0.2) is 37.9 Å². The Morgan fingerprint density at radius 1 is 1.21 bits per heavy atom.